The van der Waals surface area contributed by atoms with Gasteiger partial charge in [-0.05, 0) is 24.6 Å². The molecule has 0 aliphatic heterocycles. The number of amides is 1. The number of hydrogen-bond donors (Lipinski definition) is 2. The summed E-state index contributed by atoms with van der Waals surface area (Å²) in [7, 11) is 0. The maximum absolute atomic E-state index is 11.4. The molecule has 0 unspecified atom stereocenters. The van der Waals surface area contributed by atoms with Gasteiger partial charge in [-0.3, -0.25) is 15.3 Å². The molecule has 0 spiro atoms. The monoisotopic (exact) mass is 198 g/mol. The lowest BCUT2D eigenvalue weighted by molar-refractivity contribution is -0.118. The number of hydrogen-bond acceptors (Lipinski definition) is 3. The van der Waals surface area contributed by atoms with Crippen molar-refractivity contribution in [3.05, 3.63) is 11.1 Å². The Kier molecular flexibility index (Phi) is 1.91. The lowest BCUT2D eigenvalue weighted by Crippen LogP contribution is -2.24. The second kappa shape index (κ2) is 2.95. The number of nitrogens with one attached hydrogen (secondary N) is 2. The van der Waals surface area contributed by atoms with E-state index < -0.39 is 0 Å². The molecule has 1 aliphatic carbocycles. The highest BCUT2D eigenvalue weighted by Crippen LogP contribution is 2.37. The van der Waals surface area contributed by atoms with Crippen molar-refractivity contribution < 1.29 is 4.79 Å². The first-order valence-electron chi connectivity index (χ1n) is 4.11. The number of aromatic nitrogens is 3. The molecule has 2 rings (SSSR count). The van der Waals surface area contributed by atoms with Crippen LogP contribution in [0, 0.1) is 16.6 Å². The van der Waals surface area contributed by atoms with Gasteiger partial charge in [0.15, 0.2) is 0 Å². The van der Waals surface area contributed by atoms with Crippen LogP contribution in [0.15, 0.2) is 6.33 Å². The lowest BCUT2D eigenvalue weighted by atomic mass is 10.3. The van der Waals surface area contributed by atoms with Gasteiger partial charge in [0.05, 0.1) is 0 Å². The normalized spacial score (nSPS) is 25.6. The molecule has 1 heterocycles. The van der Waals surface area contributed by atoms with Crippen LogP contribution in [-0.2, 0) is 4.79 Å². The lowest BCUT2D eigenvalue weighted by Gasteiger charge is -2.02. The standard InChI is InChI=1S/C7H10N4OS/c1-4-2-5(4)6(12)10-11-3-8-9-7(11)13/h3-5H,2H2,1H3,(H,9,13)(H,10,12)/t4-,5-/m0/s1. The van der Waals surface area contributed by atoms with Crippen molar-refractivity contribution in [2.45, 2.75) is 13.3 Å². The molecule has 6 heteroatoms. The smallest absolute Gasteiger partial charge is 0.242 e. The largest absolute Gasteiger partial charge is 0.273 e. The maximum Gasteiger partial charge on any atom is 0.242 e. The molecule has 5 nitrogen and oxygen atoms in total. The second-order valence-corrected chi connectivity index (χ2v) is 3.71. The first-order valence-corrected chi connectivity index (χ1v) is 4.52. The van der Waals surface area contributed by atoms with E-state index in [9.17, 15) is 4.79 Å². The molecule has 0 aromatic carbocycles. The van der Waals surface area contributed by atoms with Crippen LogP contribution in [-0.4, -0.2) is 20.8 Å². The Morgan fingerprint density at radius 1 is 1.92 bits per heavy atom. The molecular formula is C7H10N4OS. The van der Waals surface area contributed by atoms with Gasteiger partial charge in [-0.1, -0.05) is 6.92 Å². The zero-order valence-electron chi connectivity index (χ0n) is 7.15. The van der Waals surface area contributed by atoms with E-state index in [1.165, 1.54) is 11.0 Å². The fraction of sp³-hybridized carbons (Fsp3) is 0.571. The summed E-state index contributed by atoms with van der Waals surface area (Å²) in [4.78, 5) is 11.4. The highest BCUT2D eigenvalue weighted by Gasteiger charge is 2.39. The quantitative estimate of drug-likeness (QED) is 0.686. The Bertz CT molecular complexity index is 382. The van der Waals surface area contributed by atoms with E-state index >= 15 is 0 Å². The van der Waals surface area contributed by atoms with Crippen LogP contribution in [0.5, 0.6) is 0 Å². The summed E-state index contributed by atoms with van der Waals surface area (Å²) in [5.41, 5.74) is 2.66. The molecule has 1 aliphatic rings. The van der Waals surface area contributed by atoms with E-state index in [1.807, 2.05) is 0 Å². The van der Waals surface area contributed by atoms with E-state index in [4.69, 9.17) is 12.2 Å². The fourth-order valence-electron chi connectivity index (χ4n) is 1.22. The van der Waals surface area contributed by atoms with Gasteiger partial charge in [0.2, 0.25) is 10.7 Å². The number of carbonyl (C=O) groups excluding carboxylic acids is 1. The van der Waals surface area contributed by atoms with Crippen LogP contribution >= 0.6 is 12.2 Å². The van der Waals surface area contributed by atoms with E-state index in [0.29, 0.717) is 10.7 Å². The zero-order valence-corrected chi connectivity index (χ0v) is 7.97. The van der Waals surface area contributed by atoms with Crippen LogP contribution in [0.4, 0.5) is 0 Å². The molecule has 0 radical (unpaired) electrons. The highest BCUT2D eigenvalue weighted by molar-refractivity contribution is 7.71. The van der Waals surface area contributed by atoms with Crippen molar-refractivity contribution in [1.82, 2.24) is 14.9 Å². The average Bonchev–Trinajstić information content (AvgIpc) is 2.68. The summed E-state index contributed by atoms with van der Waals surface area (Å²) in [6.45, 7) is 2.05. The molecule has 2 atom stereocenters. The van der Waals surface area contributed by atoms with Crippen LogP contribution in [0.3, 0.4) is 0 Å². The topological polar surface area (TPSA) is 62.7 Å². The number of carbonyl (C=O) groups is 1. The van der Waals surface area contributed by atoms with Gasteiger partial charge in [-0.25, -0.2) is 4.68 Å². The molecular weight excluding hydrogens is 188 g/mol. The second-order valence-electron chi connectivity index (χ2n) is 3.33. The minimum atomic E-state index is 0.0185. The van der Waals surface area contributed by atoms with Crippen molar-refractivity contribution >= 4 is 18.1 Å². The first kappa shape index (κ1) is 8.43. The zero-order chi connectivity index (χ0) is 9.42. The van der Waals surface area contributed by atoms with Crippen molar-refractivity contribution in [2.24, 2.45) is 11.8 Å². The van der Waals surface area contributed by atoms with Gasteiger partial charge < -0.3 is 0 Å². The van der Waals surface area contributed by atoms with Gasteiger partial charge in [0.25, 0.3) is 0 Å². The van der Waals surface area contributed by atoms with Gasteiger partial charge >= 0.3 is 0 Å². The summed E-state index contributed by atoms with van der Waals surface area (Å²) in [6, 6.07) is 0. The Balaban J connectivity index is 2.03. The molecule has 1 aromatic heterocycles. The van der Waals surface area contributed by atoms with E-state index in [1.54, 1.807) is 0 Å². The van der Waals surface area contributed by atoms with Crippen LogP contribution in [0.2, 0.25) is 0 Å². The highest BCUT2D eigenvalue weighted by atomic mass is 32.1. The molecule has 1 aromatic rings. The molecule has 70 valence electrons. The third-order valence-corrected chi connectivity index (χ3v) is 2.52. The summed E-state index contributed by atoms with van der Waals surface area (Å²) >= 11 is 4.87. The Hall–Kier alpha value is -1.17. The van der Waals surface area contributed by atoms with E-state index in [0.717, 1.165) is 6.42 Å². The Labute approximate surface area is 80.1 Å². The molecule has 2 N–H and O–H groups in total. The average molecular weight is 198 g/mol. The third-order valence-electron chi connectivity index (χ3n) is 2.23. The molecule has 13 heavy (non-hydrogen) atoms. The number of H-pyrrole nitrogens is 1. The maximum atomic E-state index is 11.4. The van der Waals surface area contributed by atoms with E-state index in [-0.39, 0.29) is 11.8 Å². The van der Waals surface area contributed by atoms with Crippen LogP contribution in [0.25, 0.3) is 0 Å². The first-order chi connectivity index (χ1) is 6.18. The van der Waals surface area contributed by atoms with Gasteiger partial charge in [0, 0.05) is 5.92 Å². The third kappa shape index (κ3) is 1.62. The molecule has 0 saturated heterocycles. The van der Waals surface area contributed by atoms with E-state index in [2.05, 4.69) is 22.5 Å². The predicted octanol–water partition coefficient (Wildman–Crippen LogP) is 0.667. The minimum absolute atomic E-state index is 0.0185. The predicted molar refractivity (Wildman–Crippen MR) is 49.1 cm³/mol. The minimum Gasteiger partial charge on any atom is -0.273 e. The summed E-state index contributed by atoms with van der Waals surface area (Å²) in [6.07, 6.45) is 2.42. The summed E-state index contributed by atoms with van der Waals surface area (Å²) in [5, 5.41) is 6.25. The van der Waals surface area contributed by atoms with Gasteiger partial charge in [0.1, 0.15) is 6.33 Å². The molecule has 1 saturated carbocycles. The summed E-state index contributed by atoms with van der Waals surface area (Å²) in [5.74, 6) is 0.669. The van der Waals surface area contributed by atoms with Crippen molar-refractivity contribution in [3.63, 3.8) is 0 Å². The fourth-order valence-corrected chi connectivity index (χ4v) is 1.36. The van der Waals surface area contributed by atoms with Crippen molar-refractivity contribution in [2.75, 3.05) is 5.43 Å². The summed E-state index contributed by atoms with van der Waals surface area (Å²) < 4.78 is 1.82. The van der Waals surface area contributed by atoms with Crippen molar-refractivity contribution in [3.8, 4) is 0 Å². The Morgan fingerprint density at radius 3 is 3.08 bits per heavy atom. The SMILES string of the molecule is C[C@H]1C[C@@H]1C(=O)Nn1cn[nH]c1=S. The molecule has 1 fully saturated rings. The number of aromatic amines is 1. The molecule has 0 bridgehead atoms. The number of nitrogens with zero attached hydrogens (tertiary/aromatic N) is 2. The van der Waals surface area contributed by atoms with Gasteiger partial charge in [-0.2, -0.15) is 5.10 Å². The number of rotatable bonds is 2. The van der Waals surface area contributed by atoms with Crippen LogP contribution in [0.1, 0.15) is 13.3 Å². The van der Waals surface area contributed by atoms with Crippen LogP contribution < -0.4 is 5.43 Å². The van der Waals surface area contributed by atoms with Gasteiger partial charge in [-0.15, -0.1) is 0 Å². The van der Waals surface area contributed by atoms with Crippen molar-refractivity contribution in [1.29, 1.82) is 0 Å². The molecule has 1 amide bonds. The Morgan fingerprint density at radius 2 is 2.62 bits per heavy atom.